The van der Waals surface area contributed by atoms with Gasteiger partial charge in [-0.05, 0) is 43.4 Å². The van der Waals surface area contributed by atoms with Crippen LogP contribution in [0.15, 0.2) is 29.2 Å². The Kier molecular flexibility index (Phi) is 6.56. The van der Waals surface area contributed by atoms with Crippen molar-refractivity contribution < 1.29 is 9.53 Å². The molecule has 0 bridgehead atoms. The minimum atomic E-state index is -0.178. The molecule has 1 N–H and O–H groups in total. The van der Waals surface area contributed by atoms with Crippen molar-refractivity contribution >= 4 is 23.5 Å². The van der Waals surface area contributed by atoms with Gasteiger partial charge in [0, 0.05) is 30.3 Å². The number of rotatable bonds is 6. The van der Waals surface area contributed by atoms with E-state index in [9.17, 15) is 4.79 Å². The molecule has 2 amide bonds. The predicted molar refractivity (Wildman–Crippen MR) is 88.0 cm³/mol. The molecule has 1 aromatic rings. The van der Waals surface area contributed by atoms with Crippen LogP contribution >= 0.6 is 11.8 Å². The van der Waals surface area contributed by atoms with Crippen LogP contribution in [-0.2, 0) is 4.74 Å². The number of nitriles is 1. The largest absolute Gasteiger partial charge is 0.376 e. The highest BCUT2D eigenvalue weighted by Gasteiger charge is 2.22. The zero-order chi connectivity index (χ0) is 15.8. The number of urea groups is 1. The molecule has 118 valence electrons. The lowest BCUT2D eigenvalue weighted by Crippen LogP contribution is -2.40. The van der Waals surface area contributed by atoms with Crippen molar-refractivity contribution in [2.24, 2.45) is 0 Å². The Labute approximate surface area is 135 Å². The van der Waals surface area contributed by atoms with Gasteiger partial charge in [0.2, 0.25) is 0 Å². The van der Waals surface area contributed by atoms with Crippen molar-refractivity contribution in [3.8, 4) is 6.07 Å². The van der Waals surface area contributed by atoms with Crippen molar-refractivity contribution in [3.63, 3.8) is 0 Å². The number of thioether (sulfide) groups is 1. The number of nitrogens with zero attached hydrogens (tertiary/aromatic N) is 2. The second-order valence-electron chi connectivity index (χ2n) is 5.15. The van der Waals surface area contributed by atoms with Crippen molar-refractivity contribution in [2.75, 3.05) is 31.3 Å². The first-order chi connectivity index (χ1) is 10.7. The minimum Gasteiger partial charge on any atom is -0.376 e. The van der Waals surface area contributed by atoms with E-state index >= 15 is 0 Å². The second kappa shape index (κ2) is 8.66. The third-order valence-electron chi connectivity index (χ3n) is 3.57. The van der Waals surface area contributed by atoms with Crippen molar-refractivity contribution in [3.05, 3.63) is 24.3 Å². The maximum Gasteiger partial charge on any atom is 0.321 e. The summed E-state index contributed by atoms with van der Waals surface area (Å²) < 4.78 is 5.59. The number of hydrogen-bond acceptors (Lipinski definition) is 4. The van der Waals surface area contributed by atoms with Crippen LogP contribution in [0.3, 0.4) is 0 Å². The number of carbonyl (C=O) groups is 1. The van der Waals surface area contributed by atoms with Crippen LogP contribution < -0.4 is 5.32 Å². The normalized spacial score (nSPS) is 17.0. The van der Waals surface area contributed by atoms with Crippen LogP contribution in [-0.4, -0.2) is 43.0 Å². The molecule has 1 saturated heterocycles. The van der Waals surface area contributed by atoms with Gasteiger partial charge in [-0.25, -0.2) is 4.79 Å². The smallest absolute Gasteiger partial charge is 0.321 e. The van der Waals surface area contributed by atoms with Gasteiger partial charge in [-0.15, -0.1) is 11.8 Å². The van der Waals surface area contributed by atoms with E-state index in [0.717, 1.165) is 30.0 Å². The van der Waals surface area contributed by atoms with Gasteiger partial charge in [-0.3, -0.25) is 0 Å². The highest BCUT2D eigenvalue weighted by molar-refractivity contribution is 7.98. The first-order valence-corrected chi connectivity index (χ1v) is 8.64. The van der Waals surface area contributed by atoms with E-state index < -0.39 is 0 Å². The fraction of sp³-hybridized carbons (Fsp3) is 0.500. The zero-order valence-corrected chi connectivity index (χ0v) is 13.6. The summed E-state index contributed by atoms with van der Waals surface area (Å²) in [6, 6.07) is 9.63. The van der Waals surface area contributed by atoms with E-state index in [0.29, 0.717) is 19.5 Å². The Morgan fingerprint density at radius 2 is 2.27 bits per heavy atom. The van der Waals surface area contributed by atoms with Gasteiger partial charge < -0.3 is 15.0 Å². The van der Waals surface area contributed by atoms with Crippen molar-refractivity contribution in [1.82, 2.24) is 4.90 Å². The predicted octanol–water partition coefficient (Wildman–Crippen LogP) is 3.34. The Hall–Kier alpha value is -1.71. The summed E-state index contributed by atoms with van der Waals surface area (Å²) in [4.78, 5) is 15.2. The van der Waals surface area contributed by atoms with Gasteiger partial charge in [0.1, 0.15) is 0 Å². The van der Waals surface area contributed by atoms with Gasteiger partial charge in [-0.1, -0.05) is 0 Å². The lowest BCUT2D eigenvalue weighted by Gasteiger charge is -2.25. The second-order valence-corrected chi connectivity index (χ2v) is 6.03. The molecule has 1 aliphatic heterocycles. The maximum atomic E-state index is 12.4. The molecule has 1 heterocycles. The van der Waals surface area contributed by atoms with Crippen LogP contribution in [0.2, 0.25) is 0 Å². The molecule has 22 heavy (non-hydrogen) atoms. The number of anilines is 1. The first-order valence-electron chi connectivity index (χ1n) is 7.41. The van der Waals surface area contributed by atoms with Gasteiger partial charge in [0.05, 0.1) is 18.6 Å². The van der Waals surface area contributed by atoms with E-state index in [4.69, 9.17) is 10.00 Å². The van der Waals surface area contributed by atoms with Crippen LogP contribution in [0.4, 0.5) is 10.5 Å². The molecule has 1 fully saturated rings. The summed E-state index contributed by atoms with van der Waals surface area (Å²) in [5.41, 5.74) is 0.761. The molecule has 0 spiro atoms. The molecular formula is C16H21N3O2S. The van der Waals surface area contributed by atoms with Gasteiger partial charge in [0.25, 0.3) is 0 Å². The van der Waals surface area contributed by atoms with Crippen LogP contribution in [0.5, 0.6) is 0 Å². The number of nitrogens with one attached hydrogen (secondary N) is 1. The highest BCUT2D eigenvalue weighted by Crippen LogP contribution is 2.18. The average Bonchev–Trinajstić information content (AvgIpc) is 3.05. The molecule has 1 atom stereocenters. The van der Waals surface area contributed by atoms with E-state index in [1.54, 1.807) is 16.7 Å². The van der Waals surface area contributed by atoms with Crippen LogP contribution in [0.25, 0.3) is 0 Å². The number of carbonyl (C=O) groups excluding carboxylic acids is 1. The van der Waals surface area contributed by atoms with Gasteiger partial charge >= 0.3 is 6.03 Å². The standard InChI is InChI=1S/C16H21N3O2S/c1-22-15-7-5-13(6-8-15)18-16(20)19(10-3-9-17)12-14-4-2-11-21-14/h5-8,14H,2-4,10-12H2,1H3,(H,18,20). The summed E-state index contributed by atoms with van der Waals surface area (Å²) in [6.45, 7) is 1.72. The van der Waals surface area contributed by atoms with E-state index in [1.165, 1.54) is 0 Å². The monoisotopic (exact) mass is 319 g/mol. The number of hydrogen-bond donors (Lipinski definition) is 1. The van der Waals surface area contributed by atoms with Crippen molar-refractivity contribution in [1.29, 1.82) is 5.26 Å². The third kappa shape index (κ3) is 4.93. The third-order valence-corrected chi connectivity index (χ3v) is 4.31. The maximum absolute atomic E-state index is 12.4. The number of amides is 2. The molecule has 1 aliphatic rings. The Bertz CT molecular complexity index is 521. The fourth-order valence-corrected chi connectivity index (χ4v) is 2.78. The molecule has 5 nitrogen and oxygen atoms in total. The summed E-state index contributed by atoms with van der Waals surface area (Å²) >= 11 is 1.66. The molecule has 6 heteroatoms. The molecular weight excluding hydrogens is 298 g/mol. The lowest BCUT2D eigenvalue weighted by atomic mass is 10.2. The zero-order valence-electron chi connectivity index (χ0n) is 12.7. The Morgan fingerprint density at radius 1 is 1.50 bits per heavy atom. The Morgan fingerprint density at radius 3 is 2.86 bits per heavy atom. The topological polar surface area (TPSA) is 65.4 Å². The van der Waals surface area contributed by atoms with Gasteiger partial charge in [0.15, 0.2) is 0 Å². The molecule has 0 saturated carbocycles. The van der Waals surface area contributed by atoms with Crippen LogP contribution in [0, 0.1) is 11.3 Å². The summed E-state index contributed by atoms with van der Waals surface area (Å²) in [6.07, 6.45) is 4.43. The molecule has 0 aliphatic carbocycles. The highest BCUT2D eigenvalue weighted by atomic mass is 32.2. The van der Waals surface area contributed by atoms with E-state index in [2.05, 4.69) is 11.4 Å². The molecule has 2 rings (SSSR count). The quantitative estimate of drug-likeness (QED) is 0.817. The Balaban J connectivity index is 1.95. The minimum absolute atomic E-state index is 0.0864. The summed E-state index contributed by atoms with van der Waals surface area (Å²) in [5.74, 6) is 0. The van der Waals surface area contributed by atoms with E-state index in [1.807, 2.05) is 30.5 Å². The van der Waals surface area contributed by atoms with E-state index in [-0.39, 0.29) is 12.1 Å². The molecule has 1 aromatic carbocycles. The average molecular weight is 319 g/mol. The van der Waals surface area contributed by atoms with Crippen LogP contribution in [0.1, 0.15) is 19.3 Å². The molecule has 1 unspecified atom stereocenters. The SMILES string of the molecule is CSc1ccc(NC(=O)N(CCC#N)CC2CCCO2)cc1. The molecule has 0 aromatic heterocycles. The fourth-order valence-electron chi connectivity index (χ4n) is 2.37. The number of benzene rings is 1. The summed E-state index contributed by atoms with van der Waals surface area (Å²) in [5, 5.41) is 11.7. The first kappa shape index (κ1) is 16.7. The molecule has 0 radical (unpaired) electrons. The van der Waals surface area contributed by atoms with Crippen molar-refractivity contribution in [2.45, 2.75) is 30.3 Å². The van der Waals surface area contributed by atoms with Gasteiger partial charge in [-0.2, -0.15) is 5.26 Å². The summed E-state index contributed by atoms with van der Waals surface area (Å²) in [7, 11) is 0. The lowest BCUT2D eigenvalue weighted by molar-refractivity contribution is 0.0841. The number of ether oxygens (including phenoxy) is 1.